The number of fused-ring (bicyclic) bond motifs is 1. The highest BCUT2D eigenvalue weighted by atomic mass is 35.5. The van der Waals surface area contributed by atoms with Crippen LogP contribution in [0.2, 0.25) is 5.15 Å². The van der Waals surface area contributed by atoms with Crippen molar-refractivity contribution in [3.63, 3.8) is 0 Å². The Kier molecular flexibility index (Phi) is 3.62. The smallest absolute Gasteiger partial charge is 0.175 e. The van der Waals surface area contributed by atoms with Gasteiger partial charge in [0.25, 0.3) is 0 Å². The van der Waals surface area contributed by atoms with Gasteiger partial charge < -0.3 is 0 Å². The van der Waals surface area contributed by atoms with Gasteiger partial charge in [-0.2, -0.15) is 5.26 Å². The number of rotatable bonds is 1. The van der Waals surface area contributed by atoms with Crippen LogP contribution in [-0.2, 0) is 5.41 Å². The molecule has 2 aromatic heterocycles. The molecule has 2 heterocycles. The van der Waals surface area contributed by atoms with Crippen molar-refractivity contribution in [3.8, 4) is 17.2 Å². The average molecular weight is 325 g/mol. The van der Waals surface area contributed by atoms with Crippen molar-refractivity contribution in [1.82, 2.24) is 14.6 Å². The third-order valence-electron chi connectivity index (χ3n) is 3.82. The fourth-order valence-corrected chi connectivity index (χ4v) is 2.92. The number of nitrogens with zero attached hydrogens (tertiary/aromatic N) is 4. The number of pyridine rings is 1. The topological polar surface area (TPSA) is 54.0 Å². The van der Waals surface area contributed by atoms with Gasteiger partial charge in [-0.1, -0.05) is 62.7 Å². The fraction of sp³-hybridized carbons (Fsp3) is 0.278. The Labute approximate surface area is 140 Å². The molecule has 116 valence electrons. The average Bonchev–Trinajstić information content (AvgIpc) is 2.94. The number of hydrogen-bond donors (Lipinski definition) is 0. The molecule has 1 aromatic carbocycles. The van der Waals surface area contributed by atoms with Gasteiger partial charge in [-0.15, -0.1) is 5.10 Å². The number of benzene rings is 1. The summed E-state index contributed by atoms with van der Waals surface area (Å²) in [6.07, 6.45) is 0. The summed E-state index contributed by atoms with van der Waals surface area (Å²) < 4.78 is 1.58. The Bertz CT molecular complexity index is 928. The van der Waals surface area contributed by atoms with Crippen LogP contribution in [0.5, 0.6) is 0 Å². The first-order valence-electron chi connectivity index (χ1n) is 7.39. The van der Waals surface area contributed by atoms with Crippen molar-refractivity contribution in [3.05, 3.63) is 52.4 Å². The number of hydrogen-bond acceptors (Lipinski definition) is 3. The Morgan fingerprint density at radius 2 is 1.83 bits per heavy atom. The highest BCUT2D eigenvalue weighted by Gasteiger charge is 2.25. The molecule has 4 nitrogen and oxygen atoms in total. The molecule has 0 aliphatic carbocycles. The molecule has 0 unspecified atom stereocenters. The van der Waals surface area contributed by atoms with Crippen molar-refractivity contribution in [2.24, 2.45) is 0 Å². The molecule has 5 heteroatoms. The molecule has 0 saturated heterocycles. The minimum Gasteiger partial charge on any atom is -0.210 e. The lowest BCUT2D eigenvalue weighted by molar-refractivity contribution is 0.545. The van der Waals surface area contributed by atoms with Crippen LogP contribution in [0.3, 0.4) is 0 Å². The van der Waals surface area contributed by atoms with Crippen LogP contribution in [0.1, 0.15) is 37.7 Å². The van der Waals surface area contributed by atoms with Crippen molar-refractivity contribution >= 4 is 17.2 Å². The Morgan fingerprint density at radius 3 is 2.39 bits per heavy atom. The van der Waals surface area contributed by atoms with E-state index >= 15 is 0 Å². The Morgan fingerprint density at radius 1 is 1.17 bits per heavy atom. The van der Waals surface area contributed by atoms with Crippen LogP contribution < -0.4 is 0 Å². The van der Waals surface area contributed by atoms with Crippen molar-refractivity contribution < 1.29 is 0 Å². The maximum atomic E-state index is 9.62. The Balaban J connectivity index is 2.43. The van der Waals surface area contributed by atoms with Crippen molar-refractivity contribution in [2.75, 3.05) is 0 Å². The molecule has 0 spiro atoms. The van der Waals surface area contributed by atoms with E-state index in [0.717, 1.165) is 16.7 Å². The third-order valence-corrected chi connectivity index (χ3v) is 4.17. The molecule has 0 N–H and O–H groups in total. The number of nitriles is 1. The first kappa shape index (κ1) is 15.5. The van der Waals surface area contributed by atoms with Crippen molar-refractivity contribution in [2.45, 2.75) is 33.1 Å². The molecule has 0 fully saturated rings. The van der Waals surface area contributed by atoms with Crippen LogP contribution in [-0.4, -0.2) is 14.6 Å². The lowest BCUT2D eigenvalue weighted by atomic mass is 9.96. The van der Waals surface area contributed by atoms with Gasteiger partial charge in [0.15, 0.2) is 11.5 Å². The molecule has 0 aliphatic heterocycles. The second kappa shape index (κ2) is 5.36. The summed E-state index contributed by atoms with van der Waals surface area (Å²) in [6, 6.07) is 12.1. The summed E-state index contributed by atoms with van der Waals surface area (Å²) in [4.78, 5) is 4.56. The van der Waals surface area contributed by atoms with E-state index in [1.165, 1.54) is 0 Å². The maximum Gasteiger partial charge on any atom is 0.175 e. The summed E-state index contributed by atoms with van der Waals surface area (Å²) in [6.45, 7) is 8.00. The van der Waals surface area contributed by atoms with Crippen LogP contribution in [0.4, 0.5) is 0 Å². The summed E-state index contributed by atoms with van der Waals surface area (Å²) in [7, 11) is 0. The summed E-state index contributed by atoms with van der Waals surface area (Å²) in [5, 5.41) is 14.6. The highest BCUT2D eigenvalue weighted by molar-refractivity contribution is 6.32. The van der Waals surface area contributed by atoms with Crippen LogP contribution in [0.25, 0.3) is 16.8 Å². The lowest BCUT2D eigenvalue weighted by Gasteiger charge is -2.12. The molecule has 23 heavy (non-hydrogen) atoms. The van der Waals surface area contributed by atoms with Crippen LogP contribution in [0.15, 0.2) is 30.3 Å². The SMILES string of the molecule is Cc1c(-c2ccccc2)c(Cl)n2nc(C(C)(C)C)nc2c1C#N. The van der Waals surface area contributed by atoms with E-state index in [-0.39, 0.29) is 5.41 Å². The minimum atomic E-state index is -0.219. The maximum absolute atomic E-state index is 9.62. The zero-order chi connectivity index (χ0) is 16.8. The summed E-state index contributed by atoms with van der Waals surface area (Å²) in [5.41, 5.74) is 3.41. The second-order valence-electron chi connectivity index (χ2n) is 6.56. The second-order valence-corrected chi connectivity index (χ2v) is 6.92. The van der Waals surface area contributed by atoms with E-state index in [1.807, 2.05) is 58.0 Å². The zero-order valence-corrected chi connectivity index (χ0v) is 14.3. The van der Waals surface area contributed by atoms with Gasteiger partial charge in [-0.05, 0) is 18.1 Å². The molecule has 3 rings (SSSR count). The predicted molar refractivity (Wildman–Crippen MR) is 91.6 cm³/mol. The van der Waals surface area contributed by atoms with Gasteiger partial charge in [-0.25, -0.2) is 9.50 Å². The van der Waals surface area contributed by atoms with Gasteiger partial charge >= 0.3 is 0 Å². The van der Waals surface area contributed by atoms with E-state index in [9.17, 15) is 5.26 Å². The summed E-state index contributed by atoms with van der Waals surface area (Å²) >= 11 is 6.62. The molecule has 0 atom stereocenters. The molecular formula is C18H17ClN4. The zero-order valence-electron chi connectivity index (χ0n) is 13.6. The highest BCUT2D eigenvalue weighted by Crippen LogP contribution is 2.35. The molecule has 3 aromatic rings. The van der Waals surface area contributed by atoms with Gasteiger partial charge in [0.05, 0.1) is 0 Å². The quantitative estimate of drug-likeness (QED) is 0.618. The molecule has 0 aliphatic rings. The first-order chi connectivity index (χ1) is 10.8. The minimum absolute atomic E-state index is 0.219. The van der Waals surface area contributed by atoms with Crippen LogP contribution >= 0.6 is 11.6 Å². The molecule has 0 saturated carbocycles. The van der Waals surface area contributed by atoms with E-state index in [0.29, 0.717) is 22.2 Å². The fourth-order valence-electron chi connectivity index (χ4n) is 2.56. The number of aromatic nitrogens is 3. The largest absolute Gasteiger partial charge is 0.210 e. The Hall–Kier alpha value is -2.38. The van der Waals surface area contributed by atoms with E-state index in [4.69, 9.17) is 11.6 Å². The standard InChI is InChI=1S/C18H17ClN4/c1-11-13(10-20)16-21-17(18(2,3)4)22-23(16)15(19)14(11)12-8-6-5-7-9-12/h5-9H,1-4H3. The molecule has 0 amide bonds. The van der Waals surface area contributed by atoms with Crippen LogP contribution in [0, 0.1) is 18.3 Å². The van der Waals surface area contributed by atoms with E-state index < -0.39 is 0 Å². The summed E-state index contributed by atoms with van der Waals surface area (Å²) in [5.74, 6) is 0.667. The van der Waals surface area contributed by atoms with Gasteiger partial charge in [0.2, 0.25) is 0 Å². The lowest BCUT2D eigenvalue weighted by Crippen LogP contribution is -2.13. The first-order valence-corrected chi connectivity index (χ1v) is 7.77. The normalized spacial score (nSPS) is 11.7. The molecular weight excluding hydrogens is 308 g/mol. The van der Waals surface area contributed by atoms with E-state index in [1.54, 1.807) is 4.52 Å². The molecule has 0 radical (unpaired) electrons. The predicted octanol–water partition coefficient (Wildman–Crippen LogP) is 4.53. The van der Waals surface area contributed by atoms with Gasteiger partial charge in [0, 0.05) is 11.0 Å². The van der Waals surface area contributed by atoms with Crippen molar-refractivity contribution in [1.29, 1.82) is 5.26 Å². The third kappa shape index (κ3) is 2.47. The van der Waals surface area contributed by atoms with Gasteiger partial charge in [-0.3, -0.25) is 0 Å². The number of halogens is 1. The van der Waals surface area contributed by atoms with E-state index in [2.05, 4.69) is 16.2 Å². The molecule has 0 bridgehead atoms. The monoisotopic (exact) mass is 324 g/mol. The van der Waals surface area contributed by atoms with Gasteiger partial charge in [0.1, 0.15) is 16.8 Å².